The van der Waals surface area contributed by atoms with Crippen molar-refractivity contribution in [3.05, 3.63) is 5.82 Å². The quantitative estimate of drug-likeness (QED) is 0.672. The summed E-state index contributed by atoms with van der Waals surface area (Å²) in [6, 6.07) is 0. The molecule has 1 rings (SSSR count). The lowest BCUT2D eigenvalue weighted by Gasteiger charge is -2.00. The average molecular weight is 210 g/mol. The van der Waals surface area contributed by atoms with E-state index in [2.05, 4.69) is 25.9 Å². The maximum absolute atomic E-state index is 11.0. The van der Waals surface area contributed by atoms with Crippen LogP contribution in [0.2, 0.25) is 0 Å². The molecule has 1 amide bonds. The number of alkyl halides is 2. The Hall–Kier alpha value is -0.880. The Labute approximate surface area is 77.6 Å². The second-order valence-corrected chi connectivity index (χ2v) is 3.11. The number of aromatic amines is 1. The highest BCUT2D eigenvalue weighted by molar-refractivity contribution is 6.44. The lowest BCUT2D eigenvalue weighted by atomic mass is 10.5. The van der Waals surface area contributed by atoms with Crippen LogP contribution in [0.1, 0.15) is 10.6 Å². The van der Waals surface area contributed by atoms with E-state index >= 15 is 0 Å². The number of hydrogen-bond acceptors (Lipinski definition) is 4. The maximum Gasteiger partial charge on any atom is 0.292 e. The largest absolute Gasteiger partial charge is 0.346 e. The number of rotatable bonds is 3. The third kappa shape index (κ3) is 2.63. The second-order valence-electron chi connectivity index (χ2n) is 1.84. The third-order valence-electron chi connectivity index (χ3n) is 0.965. The molecule has 12 heavy (non-hydrogen) atoms. The van der Waals surface area contributed by atoms with E-state index < -0.39 is 10.7 Å². The lowest BCUT2D eigenvalue weighted by molar-refractivity contribution is 0.0945. The highest BCUT2D eigenvalue weighted by Crippen LogP contribution is 1.98. The number of nitrogens with one attached hydrogen (secondary N) is 2. The van der Waals surface area contributed by atoms with E-state index in [1.54, 1.807) is 0 Å². The van der Waals surface area contributed by atoms with Crippen molar-refractivity contribution in [3.8, 4) is 0 Å². The van der Waals surface area contributed by atoms with E-state index in [-0.39, 0.29) is 12.4 Å². The summed E-state index contributed by atoms with van der Waals surface area (Å²) in [5.74, 6) is -0.501. The van der Waals surface area contributed by atoms with Gasteiger partial charge in [0.05, 0.1) is 0 Å². The first-order valence-corrected chi connectivity index (χ1v) is 3.87. The topological polar surface area (TPSA) is 83.6 Å². The van der Waals surface area contributed by atoms with Crippen LogP contribution in [0.5, 0.6) is 0 Å². The van der Waals surface area contributed by atoms with Crippen LogP contribution < -0.4 is 5.32 Å². The molecule has 0 aliphatic carbocycles. The van der Waals surface area contributed by atoms with Crippen molar-refractivity contribution < 1.29 is 4.79 Å². The molecule has 66 valence electrons. The molecule has 6 nitrogen and oxygen atoms in total. The van der Waals surface area contributed by atoms with Gasteiger partial charge >= 0.3 is 0 Å². The van der Waals surface area contributed by atoms with E-state index in [0.717, 1.165) is 0 Å². The molecule has 0 aromatic carbocycles. The summed E-state index contributed by atoms with van der Waals surface area (Å²) >= 11 is 10.7. The summed E-state index contributed by atoms with van der Waals surface area (Å²) in [5.41, 5.74) is 0. The van der Waals surface area contributed by atoms with Gasteiger partial charge in [0.25, 0.3) is 11.7 Å². The third-order valence-corrected chi connectivity index (χ3v) is 1.27. The van der Waals surface area contributed by atoms with Crippen molar-refractivity contribution >= 4 is 29.1 Å². The highest BCUT2D eigenvalue weighted by Gasteiger charge is 2.10. The highest BCUT2D eigenvalue weighted by atomic mass is 35.5. The van der Waals surface area contributed by atoms with Gasteiger partial charge in [-0.25, -0.2) is 0 Å². The Kier molecular flexibility index (Phi) is 3.24. The fourth-order valence-electron chi connectivity index (χ4n) is 0.507. The van der Waals surface area contributed by atoms with Crippen LogP contribution in [0.3, 0.4) is 0 Å². The molecule has 1 aromatic rings. The standard InChI is InChI=1S/C4H5Cl2N5O/c5-2(6)1-7-4(12)3-8-10-11-9-3/h2H,1H2,(H,7,12)(H,8,9,10,11). The fourth-order valence-corrected chi connectivity index (χ4v) is 0.661. The van der Waals surface area contributed by atoms with Crippen LogP contribution in [0.25, 0.3) is 0 Å². The van der Waals surface area contributed by atoms with Crippen molar-refractivity contribution in [2.45, 2.75) is 4.84 Å². The van der Waals surface area contributed by atoms with Crippen molar-refractivity contribution in [1.82, 2.24) is 25.9 Å². The molecule has 1 aromatic heterocycles. The van der Waals surface area contributed by atoms with Crippen molar-refractivity contribution in [1.29, 1.82) is 0 Å². The van der Waals surface area contributed by atoms with Gasteiger partial charge in [-0.15, -0.1) is 33.4 Å². The van der Waals surface area contributed by atoms with Crippen LogP contribution in [0.4, 0.5) is 0 Å². The van der Waals surface area contributed by atoms with Gasteiger partial charge in [-0.3, -0.25) is 4.79 Å². The Morgan fingerprint density at radius 2 is 2.42 bits per heavy atom. The Bertz CT molecular complexity index is 248. The molecule has 2 N–H and O–H groups in total. The molecular weight excluding hydrogens is 205 g/mol. The number of halogens is 2. The number of carbonyl (C=O) groups excluding carboxylic acids is 1. The first-order valence-electron chi connectivity index (χ1n) is 3.00. The minimum Gasteiger partial charge on any atom is -0.346 e. The number of nitrogens with zero attached hydrogens (tertiary/aromatic N) is 3. The number of tetrazole rings is 1. The molecule has 0 fully saturated rings. The van der Waals surface area contributed by atoms with Gasteiger partial charge in [0.2, 0.25) is 0 Å². The van der Waals surface area contributed by atoms with Crippen LogP contribution >= 0.6 is 23.2 Å². The predicted octanol–water partition coefficient (Wildman–Crippen LogP) is -0.267. The van der Waals surface area contributed by atoms with E-state index in [0.29, 0.717) is 0 Å². The molecule has 0 aliphatic rings. The molecule has 0 atom stereocenters. The summed E-state index contributed by atoms with van der Waals surface area (Å²) in [6.07, 6.45) is 0. The number of amides is 1. The van der Waals surface area contributed by atoms with E-state index in [1.807, 2.05) is 0 Å². The van der Waals surface area contributed by atoms with Gasteiger partial charge in [-0.2, -0.15) is 5.21 Å². The molecule has 0 aliphatic heterocycles. The summed E-state index contributed by atoms with van der Waals surface area (Å²) in [4.78, 5) is 10.4. The first kappa shape index (κ1) is 9.21. The zero-order valence-corrected chi connectivity index (χ0v) is 7.30. The Balaban J connectivity index is 2.40. The lowest BCUT2D eigenvalue weighted by Crippen LogP contribution is -2.28. The van der Waals surface area contributed by atoms with Crippen LogP contribution in [0.15, 0.2) is 0 Å². The van der Waals surface area contributed by atoms with Crippen LogP contribution in [-0.4, -0.2) is 37.9 Å². The fraction of sp³-hybridized carbons (Fsp3) is 0.500. The molecular formula is C4H5Cl2N5O. The summed E-state index contributed by atoms with van der Waals surface area (Å²) in [7, 11) is 0. The van der Waals surface area contributed by atoms with Gasteiger partial charge in [-0.05, 0) is 5.21 Å². The molecule has 1 heterocycles. The zero-order chi connectivity index (χ0) is 8.97. The predicted molar refractivity (Wildman–Crippen MR) is 42.0 cm³/mol. The monoisotopic (exact) mass is 209 g/mol. The summed E-state index contributed by atoms with van der Waals surface area (Å²) in [6.45, 7) is 0.149. The maximum atomic E-state index is 11.0. The number of hydrogen-bond donors (Lipinski definition) is 2. The van der Waals surface area contributed by atoms with Crippen molar-refractivity contribution in [2.75, 3.05) is 6.54 Å². The molecule has 0 radical (unpaired) electrons. The van der Waals surface area contributed by atoms with Gasteiger partial charge in [-0.1, -0.05) is 0 Å². The second kappa shape index (κ2) is 4.22. The minimum absolute atomic E-state index is 0.0380. The Morgan fingerprint density at radius 1 is 1.67 bits per heavy atom. The van der Waals surface area contributed by atoms with Crippen LogP contribution in [0, 0.1) is 0 Å². The van der Waals surface area contributed by atoms with E-state index in [1.165, 1.54) is 0 Å². The number of H-pyrrole nitrogens is 1. The van der Waals surface area contributed by atoms with Crippen molar-refractivity contribution in [3.63, 3.8) is 0 Å². The number of aromatic nitrogens is 4. The SMILES string of the molecule is O=C(NCC(Cl)Cl)c1nn[nH]n1. The smallest absolute Gasteiger partial charge is 0.292 e. The number of carbonyl (C=O) groups is 1. The van der Waals surface area contributed by atoms with Gasteiger partial charge < -0.3 is 5.32 Å². The minimum atomic E-state index is -0.638. The van der Waals surface area contributed by atoms with Gasteiger partial charge in [0.1, 0.15) is 4.84 Å². The average Bonchev–Trinajstić information content (AvgIpc) is 2.51. The molecule has 0 saturated carbocycles. The van der Waals surface area contributed by atoms with Crippen molar-refractivity contribution in [2.24, 2.45) is 0 Å². The zero-order valence-electron chi connectivity index (χ0n) is 5.79. The van der Waals surface area contributed by atoms with Gasteiger partial charge in [0, 0.05) is 6.54 Å². The Morgan fingerprint density at radius 3 is 2.92 bits per heavy atom. The normalized spacial score (nSPS) is 10.2. The molecule has 0 spiro atoms. The van der Waals surface area contributed by atoms with Crippen LogP contribution in [-0.2, 0) is 0 Å². The summed E-state index contributed by atoms with van der Waals surface area (Å²) in [5, 5.41) is 14.6. The molecule has 8 heteroatoms. The van der Waals surface area contributed by atoms with E-state index in [4.69, 9.17) is 23.2 Å². The van der Waals surface area contributed by atoms with E-state index in [9.17, 15) is 4.79 Å². The molecule has 0 bridgehead atoms. The molecule has 0 saturated heterocycles. The van der Waals surface area contributed by atoms with Gasteiger partial charge in [0.15, 0.2) is 0 Å². The first-order chi connectivity index (χ1) is 5.70. The molecule has 0 unspecified atom stereocenters. The summed E-state index contributed by atoms with van der Waals surface area (Å²) < 4.78 is 0.